The number of ether oxygens (including phenoxy) is 1. The van der Waals surface area contributed by atoms with Gasteiger partial charge in [-0.2, -0.15) is 0 Å². The predicted octanol–water partition coefficient (Wildman–Crippen LogP) is 2.44. The van der Waals surface area contributed by atoms with Gasteiger partial charge in [-0.15, -0.1) is 0 Å². The van der Waals surface area contributed by atoms with Crippen molar-refractivity contribution in [1.82, 2.24) is 9.97 Å². The lowest BCUT2D eigenvalue weighted by molar-refractivity contribution is -0.114. The van der Waals surface area contributed by atoms with Crippen molar-refractivity contribution in [1.29, 1.82) is 0 Å². The van der Waals surface area contributed by atoms with Crippen LogP contribution in [-0.4, -0.2) is 42.0 Å². The molecule has 138 valence electrons. The number of hydrogen-bond acceptors (Lipinski definition) is 6. The third-order valence-corrected chi connectivity index (χ3v) is 3.37. The standard InChI is InChI=1S/C18H23N5O3/c1-12-20-16(11-17(21-12)19-9-4-10-26-3)18(25)23-15-7-5-14(6-8-15)22-13(2)24/h5-8,11H,4,9-10H2,1-3H3,(H,22,24)(H,23,25)(H,19,20,21). The van der Waals surface area contributed by atoms with Crippen LogP contribution in [0, 0.1) is 6.92 Å². The van der Waals surface area contributed by atoms with Crippen molar-refractivity contribution in [2.24, 2.45) is 0 Å². The van der Waals surface area contributed by atoms with Gasteiger partial charge in [0.25, 0.3) is 5.91 Å². The molecule has 8 nitrogen and oxygen atoms in total. The Morgan fingerprint density at radius 3 is 2.35 bits per heavy atom. The fraction of sp³-hybridized carbons (Fsp3) is 0.333. The van der Waals surface area contributed by atoms with E-state index in [0.717, 1.165) is 6.42 Å². The molecule has 0 saturated heterocycles. The number of nitrogens with zero attached hydrogens (tertiary/aromatic N) is 2. The Morgan fingerprint density at radius 1 is 1.08 bits per heavy atom. The molecule has 26 heavy (non-hydrogen) atoms. The summed E-state index contributed by atoms with van der Waals surface area (Å²) in [5.74, 6) is 0.624. The normalized spacial score (nSPS) is 10.3. The molecule has 2 rings (SSSR count). The minimum Gasteiger partial charge on any atom is -0.385 e. The highest BCUT2D eigenvalue weighted by Gasteiger charge is 2.11. The average molecular weight is 357 g/mol. The van der Waals surface area contributed by atoms with Crippen LogP contribution in [0.3, 0.4) is 0 Å². The monoisotopic (exact) mass is 357 g/mol. The van der Waals surface area contributed by atoms with Crippen molar-refractivity contribution < 1.29 is 14.3 Å². The van der Waals surface area contributed by atoms with Crippen LogP contribution in [0.4, 0.5) is 17.2 Å². The Bertz CT molecular complexity index is 762. The molecule has 0 atom stereocenters. The highest BCUT2D eigenvalue weighted by atomic mass is 16.5. The van der Waals surface area contributed by atoms with E-state index in [0.29, 0.717) is 36.2 Å². The van der Waals surface area contributed by atoms with Crippen LogP contribution >= 0.6 is 0 Å². The summed E-state index contributed by atoms with van der Waals surface area (Å²) >= 11 is 0. The number of rotatable bonds is 8. The van der Waals surface area contributed by atoms with Crippen LogP contribution in [0.2, 0.25) is 0 Å². The van der Waals surface area contributed by atoms with Gasteiger partial charge in [0, 0.05) is 44.6 Å². The number of methoxy groups -OCH3 is 1. The molecule has 8 heteroatoms. The minimum absolute atomic E-state index is 0.149. The number of amides is 2. The maximum Gasteiger partial charge on any atom is 0.274 e. The Hall–Kier alpha value is -3.00. The second-order valence-electron chi connectivity index (χ2n) is 5.67. The van der Waals surface area contributed by atoms with Gasteiger partial charge in [0.1, 0.15) is 17.3 Å². The van der Waals surface area contributed by atoms with E-state index in [-0.39, 0.29) is 17.5 Å². The molecule has 0 aliphatic heterocycles. The molecule has 0 fully saturated rings. The first-order valence-corrected chi connectivity index (χ1v) is 8.25. The highest BCUT2D eigenvalue weighted by Crippen LogP contribution is 2.15. The van der Waals surface area contributed by atoms with Gasteiger partial charge in [-0.25, -0.2) is 9.97 Å². The van der Waals surface area contributed by atoms with Gasteiger partial charge in [-0.3, -0.25) is 9.59 Å². The lowest BCUT2D eigenvalue weighted by atomic mass is 10.2. The lowest BCUT2D eigenvalue weighted by Gasteiger charge is -2.09. The zero-order valence-corrected chi connectivity index (χ0v) is 15.1. The lowest BCUT2D eigenvalue weighted by Crippen LogP contribution is -2.16. The Labute approximate surface area is 152 Å². The van der Waals surface area contributed by atoms with E-state index >= 15 is 0 Å². The SMILES string of the molecule is COCCCNc1cc(C(=O)Nc2ccc(NC(C)=O)cc2)nc(C)n1. The molecule has 0 bridgehead atoms. The third kappa shape index (κ3) is 6.14. The van der Waals surface area contributed by atoms with E-state index in [2.05, 4.69) is 25.9 Å². The van der Waals surface area contributed by atoms with Crippen molar-refractivity contribution in [3.05, 3.63) is 41.9 Å². The Kier molecular flexibility index (Phi) is 7.04. The van der Waals surface area contributed by atoms with Crippen molar-refractivity contribution in [2.45, 2.75) is 20.3 Å². The summed E-state index contributed by atoms with van der Waals surface area (Å²) in [6.45, 7) is 4.52. The molecule has 1 heterocycles. The smallest absolute Gasteiger partial charge is 0.274 e. The number of carbonyl (C=O) groups is 2. The topological polar surface area (TPSA) is 105 Å². The molecular formula is C18H23N5O3. The number of anilines is 3. The van der Waals surface area contributed by atoms with Gasteiger partial charge in [0.05, 0.1) is 0 Å². The fourth-order valence-electron chi connectivity index (χ4n) is 2.24. The van der Waals surface area contributed by atoms with E-state index in [1.165, 1.54) is 6.92 Å². The van der Waals surface area contributed by atoms with Gasteiger partial charge < -0.3 is 20.7 Å². The molecule has 1 aromatic heterocycles. The minimum atomic E-state index is -0.331. The summed E-state index contributed by atoms with van der Waals surface area (Å²) in [5.41, 5.74) is 1.54. The number of aryl methyl sites for hydroxylation is 1. The summed E-state index contributed by atoms with van der Waals surface area (Å²) in [7, 11) is 1.65. The summed E-state index contributed by atoms with van der Waals surface area (Å²) in [5, 5.41) is 8.60. The van der Waals surface area contributed by atoms with Crippen LogP contribution in [-0.2, 0) is 9.53 Å². The molecular weight excluding hydrogens is 334 g/mol. The summed E-state index contributed by atoms with van der Waals surface area (Å²) in [4.78, 5) is 31.9. The number of aromatic nitrogens is 2. The molecule has 1 aromatic carbocycles. The van der Waals surface area contributed by atoms with Crippen LogP contribution in [0.1, 0.15) is 29.7 Å². The molecule has 0 saturated carbocycles. The highest BCUT2D eigenvalue weighted by molar-refractivity contribution is 6.03. The van der Waals surface area contributed by atoms with Gasteiger partial charge >= 0.3 is 0 Å². The van der Waals surface area contributed by atoms with Crippen LogP contribution < -0.4 is 16.0 Å². The van der Waals surface area contributed by atoms with Crippen molar-refractivity contribution in [3.63, 3.8) is 0 Å². The van der Waals surface area contributed by atoms with E-state index in [1.54, 1.807) is 44.4 Å². The second-order valence-corrected chi connectivity index (χ2v) is 5.67. The Morgan fingerprint density at radius 2 is 1.73 bits per heavy atom. The third-order valence-electron chi connectivity index (χ3n) is 3.37. The van der Waals surface area contributed by atoms with E-state index in [4.69, 9.17) is 4.74 Å². The summed E-state index contributed by atoms with van der Waals surface area (Å²) in [6, 6.07) is 8.46. The largest absolute Gasteiger partial charge is 0.385 e. The molecule has 2 amide bonds. The van der Waals surface area contributed by atoms with Crippen molar-refractivity contribution >= 4 is 29.0 Å². The average Bonchev–Trinajstić information content (AvgIpc) is 2.59. The van der Waals surface area contributed by atoms with Gasteiger partial charge in [0.15, 0.2) is 0 Å². The van der Waals surface area contributed by atoms with Gasteiger partial charge in [0.2, 0.25) is 5.91 Å². The quantitative estimate of drug-likeness (QED) is 0.627. The predicted molar refractivity (Wildman–Crippen MR) is 100 cm³/mol. The fourth-order valence-corrected chi connectivity index (χ4v) is 2.24. The number of carbonyl (C=O) groups excluding carboxylic acids is 2. The van der Waals surface area contributed by atoms with Gasteiger partial charge in [-0.1, -0.05) is 0 Å². The molecule has 3 N–H and O–H groups in total. The number of hydrogen-bond donors (Lipinski definition) is 3. The first-order valence-electron chi connectivity index (χ1n) is 8.25. The second kappa shape index (κ2) is 9.47. The number of nitrogens with one attached hydrogen (secondary N) is 3. The van der Waals surface area contributed by atoms with Crippen LogP contribution in [0.5, 0.6) is 0 Å². The van der Waals surface area contributed by atoms with Crippen molar-refractivity contribution in [3.8, 4) is 0 Å². The first kappa shape index (κ1) is 19.3. The first-order chi connectivity index (χ1) is 12.5. The molecule has 0 unspecified atom stereocenters. The molecule has 0 aliphatic carbocycles. The van der Waals surface area contributed by atoms with Crippen LogP contribution in [0.25, 0.3) is 0 Å². The molecule has 0 spiro atoms. The summed E-state index contributed by atoms with van der Waals surface area (Å²) < 4.78 is 5.00. The van der Waals surface area contributed by atoms with E-state index in [9.17, 15) is 9.59 Å². The molecule has 2 aromatic rings. The maximum atomic E-state index is 12.4. The summed E-state index contributed by atoms with van der Waals surface area (Å²) in [6.07, 6.45) is 0.835. The van der Waals surface area contributed by atoms with Gasteiger partial charge in [-0.05, 0) is 37.6 Å². The zero-order chi connectivity index (χ0) is 18.9. The van der Waals surface area contributed by atoms with E-state index in [1.807, 2.05) is 0 Å². The molecule has 0 aliphatic rings. The zero-order valence-electron chi connectivity index (χ0n) is 15.1. The maximum absolute atomic E-state index is 12.4. The van der Waals surface area contributed by atoms with Crippen LogP contribution in [0.15, 0.2) is 30.3 Å². The number of benzene rings is 1. The molecule has 0 radical (unpaired) electrons. The Balaban J connectivity index is 2.02. The van der Waals surface area contributed by atoms with E-state index < -0.39 is 0 Å². The van der Waals surface area contributed by atoms with Crippen molar-refractivity contribution in [2.75, 3.05) is 36.2 Å².